The highest BCUT2D eigenvalue weighted by molar-refractivity contribution is 8.11. The molecule has 0 radical (unpaired) electrons. The number of anilines is 2. The lowest BCUT2D eigenvalue weighted by Crippen LogP contribution is -2.49. The summed E-state index contributed by atoms with van der Waals surface area (Å²) < 4.78 is 62.3. The molecule has 5 rings (SSSR count). The lowest BCUT2D eigenvalue weighted by molar-refractivity contribution is -0.114. The van der Waals surface area contributed by atoms with Gasteiger partial charge in [-0.1, -0.05) is 6.92 Å². The number of amides is 1. The van der Waals surface area contributed by atoms with Crippen LogP contribution in [0.25, 0.3) is 5.69 Å². The molecule has 2 aliphatic rings. The van der Waals surface area contributed by atoms with Crippen molar-refractivity contribution in [3.05, 3.63) is 70.6 Å². The second kappa shape index (κ2) is 12.0. The minimum atomic E-state index is -3.59. The second-order valence-corrected chi connectivity index (χ2v) is 14.2. The lowest BCUT2D eigenvalue weighted by atomic mass is 10.2. The van der Waals surface area contributed by atoms with Crippen LogP contribution >= 0.6 is 11.8 Å². The van der Waals surface area contributed by atoms with Gasteiger partial charge in [0.25, 0.3) is 0 Å². The topological polar surface area (TPSA) is 114 Å². The van der Waals surface area contributed by atoms with Gasteiger partial charge in [-0.3, -0.25) is 9.59 Å². The zero-order valence-corrected chi connectivity index (χ0v) is 24.8. The number of sulfonamides is 1. The molecule has 10 nitrogen and oxygen atoms in total. The van der Waals surface area contributed by atoms with Gasteiger partial charge in [0, 0.05) is 55.2 Å². The van der Waals surface area contributed by atoms with E-state index in [0.29, 0.717) is 37.1 Å². The van der Waals surface area contributed by atoms with Crippen LogP contribution < -0.4 is 20.5 Å². The van der Waals surface area contributed by atoms with Crippen LogP contribution in [0.1, 0.15) is 26.7 Å². The normalized spacial score (nSPS) is 16.7. The van der Waals surface area contributed by atoms with Crippen LogP contribution in [0.4, 0.5) is 20.2 Å². The van der Waals surface area contributed by atoms with E-state index in [4.69, 9.17) is 4.74 Å². The van der Waals surface area contributed by atoms with Crippen LogP contribution in [-0.4, -0.2) is 66.3 Å². The summed E-state index contributed by atoms with van der Waals surface area (Å²) in [6.07, 6.45) is 3.34. The van der Waals surface area contributed by atoms with Crippen LogP contribution in [0.5, 0.6) is 5.75 Å². The minimum Gasteiger partial charge on any atom is -0.486 e. The molecule has 1 N–H and O–H groups in total. The molecule has 1 aliphatic heterocycles. The van der Waals surface area contributed by atoms with Crippen LogP contribution in [0.3, 0.4) is 0 Å². The molecule has 1 aliphatic carbocycles. The van der Waals surface area contributed by atoms with E-state index in [1.54, 1.807) is 24.3 Å². The summed E-state index contributed by atoms with van der Waals surface area (Å²) in [7, 11) is -3.59. The molecule has 2 heterocycles. The highest BCUT2D eigenvalue weighted by Crippen LogP contribution is 2.45. The van der Waals surface area contributed by atoms with Crippen LogP contribution in [-0.2, 0) is 14.8 Å². The van der Waals surface area contributed by atoms with Gasteiger partial charge in [-0.2, -0.15) is 14.1 Å². The van der Waals surface area contributed by atoms with Gasteiger partial charge in [-0.25, -0.2) is 17.2 Å². The number of piperazine rings is 1. The first-order chi connectivity index (χ1) is 19.9. The molecule has 1 saturated heterocycles. The third-order valence-electron chi connectivity index (χ3n) is 7.20. The van der Waals surface area contributed by atoms with E-state index in [-0.39, 0.29) is 40.9 Å². The summed E-state index contributed by atoms with van der Waals surface area (Å²) in [6, 6.07) is 9.67. The fourth-order valence-corrected chi connectivity index (χ4v) is 7.29. The number of hydrogen-bond acceptors (Lipinski definition) is 8. The molecule has 0 unspecified atom stereocenters. The molecule has 1 amide bonds. The van der Waals surface area contributed by atoms with Gasteiger partial charge in [0.1, 0.15) is 22.4 Å². The van der Waals surface area contributed by atoms with Crippen LogP contribution in [0.15, 0.2) is 58.4 Å². The molecule has 1 saturated carbocycles. The Morgan fingerprint density at radius 1 is 1.07 bits per heavy atom. The largest absolute Gasteiger partial charge is 0.486 e. The highest BCUT2D eigenvalue weighted by Gasteiger charge is 2.39. The number of aromatic nitrogens is 2. The van der Waals surface area contributed by atoms with E-state index in [0.717, 1.165) is 34.6 Å². The molecule has 3 aromatic rings. The molecule has 42 heavy (non-hydrogen) atoms. The van der Waals surface area contributed by atoms with Crippen molar-refractivity contribution in [2.75, 3.05) is 48.1 Å². The number of ether oxygens (including phenoxy) is 1. The Kier molecular flexibility index (Phi) is 8.58. The van der Waals surface area contributed by atoms with E-state index in [9.17, 15) is 26.8 Å². The van der Waals surface area contributed by atoms with Gasteiger partial charge in [0.15, 0.2) is 0 Å². The predicted molar refractivity (Wildman–Crippen MR) is 157 cm³/mol. The smallest absolute Gasteiger partial charge is 0.316 e. The molecule has 2 fully saturated rings. The molecule has 224 valence electrons. The first-order valence-corrected chi connectivity index (χ1v) is 16.0. The van der Waals surface area contributed by atoms with Crippen molar-refractivity contribution in [3.63, 3.8) is 0 Å². The second-order valence-electron chi connectivity index (χ2n) is 10.8. The van der Waals surface area contributed by atoms with E-state index in [2.05, 4.69) is 10.4 Å². The maximum atomic E-state index is 13.9. The number of nitrogens with zero attached hydrogens (tertiary/aromatic N) is 4. The predicted octanol–water partition coefficient (Wildman–Crippen LogP) is 3.85. The summed E-state index contributed by atoms with van der Waals surface area (Å²) >= 11 is 1.18. The monoisotopic (exact) mass is 619 g/mol. The standard InChI is InChI=1S/C28H31F2N5O5S2/c1-19(36)32-22-3-5-24(6-4-22)41-18-42(38,39)34-11-9-33(10-12-34)25-16-31-35(23-14-20(29)13-21(30)15-23)27(37)26(25)40-17-28(2)7-8-28/h3-6,13-16H,7-12,17-18H2,1-2H3,(H,32,36). The summed E-state index contributed by atoms with van der Waals surface area (Å²) in [6.45, 7) is 4.74. The van der Waals surface area contributed by atoms with Gasteiger partial charge in [0.05, 0.1) is 18.5 Å². The Bertz CT molecular complexity index is 1620. The average molecular weight is 620 g/mol. The average Bonchev–Trinajstić information content (AvgIpc) is 3.68. The molecule has 0 spiro atoms. The Labute approximate surface area is 246 Å². The first kappa shape index (κ1) is 30.0. The highest BCUT2D eigenvalue weighted by atomic mass is 32.3. The van der Waals surface area contributed by atoms with Crippen LogP contribution in [0, 0.1) is 17.0 Å². The van der Waals surface area contributed by atoms with E-state index in [1.807, 2.05) is 11.8 Å². The van der Waals surface area contributed by atoms with Crippen molar-refractivity contribution in [1.82, 2.24) is 14.1 Å². The molecule has 14 heteroatoms. The van der Waals surface area contributed by atoms with Crippen molar-refractivity contribution >= 4 is 39.1 Å². The maximum absolute atomic E-state index is 13.9. The quantitative estimate of drug-likeness (QED) is 0.341. The van der Waals surface area contributed by atoms with E-state index < -0.39 is 27.2 Å². The van der Waals surface area contributed by atoms with Gasteiger partial charge in [0.2, 0.25) is 21.7 Å². The third-order valence-corrected chi connectivity index (χ3v) is 10.6. The molecule has 0 atom stereocenters. The number of halogens is 2. The SMILES string of the molecule is CC(=O)Nc1ccc(SCS(=O)(=O)N2CCN(c3cnn(-c4cc(F)cc(F)c4)c(=O)c3OCC3(C)CC3)CC2)cc1. The summed E-state index contributed by atoms with van der Waals surface area (Å²) in [5.74, 6) is -1.86. The number of thioether (sulfide) groups is 1. The van der Waals surface area contributed by atoms with Crippen molar-refractivity contribution < 1.29 is 26.7 Å². The third kappa shape index (κ3) is 7.10. The lowest BCUT2D eigenvalue weighted by Gasteiger charge is -2.35. The summed E-state index contributed by atoms with van der Waals surface area (Å²) in [5.41, 5.74) is 0.272. The first-order valence-electron chi connectivity index (χ1n) is 13.4. The van der Waals surface area contributed by atoms with E-state index in [1.165, 1.54) is 29.2 Å². The zero-order valence-electron chi connectivity index (χ0n) is 23.2. The van der Waals surface area contributed by atoms with Crippen molar-refractivity contribution in [3.8, 4) is 11.4 Å². The fraction of sp³-hybridized carbons (Fsp3) is 0.393. The number of carbonyl (C=O) groups is 1. The Morgan fingerprint density at radius 3 is 2.31 bits per heavy atom. The molecule has 2 aromatic carbocycles. The molecular weight excluding hydrogens is 588 g/mol. The Hall–Kier alpha value is -3.49. The molecule has 0 bridgehead atoms. The number of hydrogen-bond donors (Lipinski definition) is 1. The van der Waals surface area contributed by atoms with Gasteiger partial charge in [-0.15, -0.1) is 11.8 Å². The Balaban J connectivity index is 1.29. The van der Waals surface area contributed by atoms with Gasteiger partial charge >= 0.3 is 5.56 Å². The molecule has 1 aromatic heterocycles. The number of rotatable bonds is 10. The van der Waals surface area contributed by atoms with Crippen molar-refractivity contribution in [1.29, 1.82) is 0 Å². The van der Waals surface area contributed by atoms with Crippen LogP contribution in [0.2, 0.25) is 0 Å². The number of nitrogens with one attached hydrogen (secondary N) is 1. The fourth-order valence-electron chi connectivity index (χ4n) is 4.50. The van der Waals surface area contributed by atoms with E-state index >= 15 is 0 Å². The minimum absolute atomic E-state index is 0.0115. The van der Waals surface area contributed by atoms with Crippen molar-refractivity contribution in [2.24, 2.45) is 5.41 Å². The van der Waals surface area contributed by atoms with Crippen molar-refractivity contribution in [2.45, 2.75) is 31.6 Å². The van der Waals surface area contributed by atoms with Gasteiger partial charge in [-0.05, 0) is 49.2 Å². The number of benzene rings is 2. The summed E-state index contributed by atoms with van der Waals surface area (Å²) in [5, 5.41) is 6.69. The Morgan fingerprint density at radius 2 is 1.71 bits per heavy atom. The maximum Gasteiger partial charge on any atom is 0.316 e. The van der Waals surface area contributed by atoms with Gasteiger partial charge < -0.3 is 15.0 Å². The summed E-state index contributed by atoms with van der Waals surface area (Å²) in [4.78, 5) is 27.3. The molecular formula is C28H31F2N5O5S2. The number of carbonyl (C=O) groups excluding carboxylic acids is 1. The zero-order chi connectivity index (χ0) is 30.1.